The number of ether oxygens (including phenoxy) is 1. The molecule has 9 nitrogen and oxygen atoms in total. The Kier molecular flexibility index (Phi) is 5.95. The van der Waals surface area contributed by atoms with E-state index in [0.29, 0.717) is 24.1 Å². The number of benzene rings is 1. The van der Waals surface area contributed by atoms with Crippen LogP contribution in [0.25, 0.3) is 0 Å². The maximum absolute atomic E-state index is 12.4. The van der Waals surface area contributed by atoms with Crippen molar-refractivity contribution in [1.29, 1.82) is 0 Å². The smallest absolute Gasteiger partial charge is 0.326 e. The number of nitrogens with two attached hydrogens (primary N) is 1. The number of hydrogen-bond acceptors (Lipinski definition) is 6. The average molecular weight is 401 g/mol. The molecule has 1 heterocycles. The summed E-state index contributed by atoms with van der Waals surface area (Å²) in [6.07, 6.45) is 1.99. The van der Waals surface area contributed by atoms with Crippen LogP contribution in [0.4, 0.5) is 5.69 Å². The molecule has 0 bridgehead atoms. The van der Waals surface area contributed by atoms with Crippen LogP contribution in [0.1, 0.15) is 43.0 Å². The molecule has 3 N–H and O–H groups in total. The Hall–Kier alpha value is -3.23. The van der Waals surface area contributed by atoms with E-state index in [0.717, 1.165) is 17.7 Å². The average Bonchev–Trinajstić information content (AvgIpc) is 2.93. The van der Waals surface area contributed by atoms with Gasteiger partial charge in [-0.25, -0.2) is 0 Å². The van der Waals surface area contributed by atoms with Gasteiger partial charge in [-0.15, -0.1) is 0 Å². The third-order valence-electron chi connectivity index (χ3n) is 5.33. The van der Waals surface area contributed by atoms with Crippen LogP contribution in [0.2, 0.25) is 0 Å². The normalized spacial score (nSPS) is 22.0. The van der Waals surface area contributed by atoms with Crippen LogP contribution in [0, 0.1) is 11.8 Å². The molecule has 0 spiro atoms. The first kappa shape index (κ1) is 20.5. The van der Waals surface area contributed by atoms with E-state index >= 15 is 0 Å². The lowest BCUT2D eigenvalue weighted by molar-refractivity contribution is -0.158. The van der Waals surface area contributed by atoms with E-state index in [1.54, 1.807) is 0 Å². The number of fused-ring (bicyclic) bond motifs is 1. The van der Waals surface area contributed by atoms with Gasteiger partial charge in [-0.2, -0.15) is 0 Å². The molecule has 1 aliphatic carbocycles. The van der Waals surface area contributed by atoms with Gasteiger partial charge >= 0.3 is 5.97 Å². The minimum Gasteiger partial charge on any atom is -0.451 e. The summed E-state index contributed by atoms with van der Waals surface area (Å²) in [5, 5.41) is 2.55. The number of nitrogens with one attached hydrogen (secondary N) is 1. The molecule has 4 amide bonds. The molecule has 1 saturated carbocycles. The van der Waals surface area contributed by atoms with E-state index in [4.69, 9.17) is 10.5 Å². The summed E-state index contributed by atoms with van der Waals surface area (Å²) in [6.45, 7) is 0.897. The van der Waals surface area contributed by atoms with Crippen LogP contribution in [-0.2, 0) is 23.9 Å². The van der Waals surface area contributed by atoms with Gasteiger partial charge in [0.1, 0.15) is 6.54 Å². The Labute approximate surface area is 167 Å². The van der Waals surface area contributed by atoms with E-state index in [1.807, 2.05) is 0 Å². The van der Waals surface area contributed by atoms with Crippen LogP contribution in [0.5, 0.6) is 0 Å². The van der Waals surface area contributed by atoms with Crippen molar-refractivity contribution in [3.63, 3.8) is 0 Å². The van der Waals surface area contributed by atoms with Crippen LogP contribution >= 0.6 is 0 Å². The number of primary amides is 1. The lowest BCUT2D eigenvalue weighted by atomic mass is 9.81. The molecular formula is C20H23N3O6. The highest BCUT2D eigenvalue weighted by Gasteiger charge is 2.48. The summed E-state index contributed by atoms with van der Waals surface area (Å²) in [7, 11) is 0. The van der Waals surface area contributed by atoms with Gasteiger partial charge in [-0.1, -0.05) is 12.8 Å². The molecule has 3 atom stereocenters. The third-order valence-corrected chi connectivity index (χ3v) is 5.33. The predicted octanol–water partition coefficient (Wildman–Crippen LogP) is 0.831. The molecule has 0 unspecified atom stereocenters. The summed E-state index contributed by atoms with van der Waals surface area (Å²) < 4.78 is 5.09. The highest BCUT2D eigenvalue weighted by molar-refractivity contribution is 6.07. The molecular weight excluding hydrogens is 378 g/mol. The standard InChI is InChI=1S/C20H23N3O6/c1-11(18(26)22-13-8-6-12(7-9-13)17(21)25)29-16(24)10-23-19(27)14-4-2-3-5-15(14)20(23)28/h6-9,11,14-15H,2-5,10H2,1H3,(H2,21,25)(H,22,26)/t11-,14-,15+/m0/s1. The molecule has 2 aliphatic rings. The zero-order chi connectivity index (χ0) is 21.1. The zero-order valence-corrected chi connectivity index (χ0v) is 16.1. The molecule has 1 saturated heterocycles. The van der Waals surface area contributed by atoms with Crippen LogP contribution in [-0.4, -0.2) is 47.1 Å². The maximum Gasteiger partial charge on any atom is 0.326 e. The molecule has 0 aromatic heterocycles. The number of esters is 1. The van der Waals surface area contributed by atoms with Gasteiger partial charge in [-0.05, 0) is 44.0 Å². The molecule has 1 aromatic carbocycles. The number of carbonyl (C=O) groups is 5. The fourth-order valence-corrected chi connectivity index (χ4v) is 3.77. The minimum absolute atomic E-state index is 0.294. The highest BCUT2D eigenvalue weighted by Crippen LogP contribution is 2.37. The van der Waals surface area contributed by atoms with Gasteiger partial charge < -0.3 is 15.8 Å². The maximum atomic E-state index is 12.4. The summed E-state index contributed by atoms with van der Waals surface area (Å²) >= 11 is 0. The Morgan fingerprint density at radius 3 is 2.17 bits per heavy atom. The predicted molar refractivity (Wildman–Crippen MR) is 101 cm³/mol. The number of amides is 4. The van der Waals surface area contributed by atoms with Crippen molar-refractivity contribution < 1.29 is 28.7 Å². The summed E-state index contributed by atoms with van der Waals surface area (Å²) in [5.74, 6) is -3.33. The van der Waals surface area contributed by atoms with E-state index in [2.05, 4.69) is 5.32 Å². The molecule has 0 radical (unpaired) electrons. The topological polar surface area (TPSA) is 136 Å². The van der Waals surface area contributed by atoms with Gasteiger partial charge in [0.05, 0.1) is 11.8 Å². The summed E-state index contributed by atoms with van der Waals surface area (Å²) in [6, 6.07) is 5.91. The number of rotatable bonds is 6. The largest absolute Gasteiger partial charge is 0.451 e. The van der Waals surface area contributed by atoms with E-state index in [1.165, 1.54) is 31.2 Å². The summed E-state index contributed by atoms with van der Waals surface area (Å²) in [4.78, 5) is 61.2. The van der Waals surface area contributed by atoms with Crippen LogP contribution in [0.15, 0.2) is 24.3 Å². The van der Waals surface area contributed by atoms with Crippen molar-refractivity contribution in [1.82, 2.24) is 4.90 Å². The van der Waals surface area contributed by atoms with Crippen LogP contribution in [0.3, 0.4) is 0 Å². The molecule has 1 aliphatic heterocycles. The van der Waals surface area contributed by atoms with Crippen LogP contribution < -0.4 is 11.1 Å². The van der Waals surface area contributed by atoms with Crippen molar-refractivity contribution in [2.24, 2.45) is 17.6 Å². The zero-order valence-electron chi connectivity index (χ0n) is 16.1. The second-order valence-electron chi connectivity index (χ2n) is 7.32. The Morgan fingerprint density at radius 2 is 1.66 bits per heavy atom. The van der Waals surface area contributed by atoms with E-state index in [-0.39, 0.29) is 23.7 Å². The lowest BCUT2D eigenvalue weighted by Crippen LogP contribution is -2.39. The number of nitrogens with zero attached hydrogens (tertiary/aromatic N) is 1. The highest BCUT2D eigenvalue weighted by atomic mass is 16.5. The molecule has 2 fully saturated rings. The SMILES string of the molecule is C[C@H](OC(=O)CN1C(=O)[C@H]2CCCC[C@H]2C1=O)C(=O)Nc1ccc(C(N)=O)cc1. The van der Waals surface area contributed by atoms with Crippen molar-refractivity contribution in [2.75, 3.05) is 11.9 Å². The Morgan fingerprint density at radius 1 is 1.10 bits per heavy atom. The van der Waals surface area contributed by atoms with Gasteiger partial charge in [0, 0.05) is 11.3 Å². The Balaban J connectivity index is 1.53. The molecule has 154 valence electrons. The second-order valence-corrected chi connectivity index (χ2v) is 7.32. The minimum atomic E-state index is -1.13. The number of likely N-dealkylation sites (tertiary alicyclic amines) is 1. The van der Waals surface area contributed by atoms with E-state index < -0.39 is 30.4 Å². The molecule has 1 aromatic rings. The van der Waals surface area contributed by atoms with Gasteiger partial charge in [-0.3, -0.25) is 28.9 Å². The molecule has 9 heteroatoms. The first-order chi connectivity index (χ1) is 13.8. The quantitative estimate of drug-likeness (QED) is 0.535. The second kappa shape index (κ2) is 8.42. The summed E-state index contributed by atoms with van der Waals surface area (Å²) in [5.41, 5.74) is 5.85. The van der Waals surface area contributed by atoms with E-state index in [9.17, 15) is 24.0 Å². The van der Waals surface area contributed by atoms with Gasteiger partial charge in [0.25, 0.3) is 5.91 Å². The van der Waals surface area contributed by atoms with Crippen molar-refractivity contribution in [3.05, 3.63) is 29.8 Å². The third kappa shape index (κ3) is 4.44. The van der Waals surface area contributed by atoms with Gasteiger partial charge in [0.2, 0.25) is 17.7 Å². The molecule has 29 heavy (non-hydrogen) atoms. The Bertz CT molecular complexity index is 826. The first-order valence-electron chi connectivity index (χ1n) is 9.53. The fourth-order valence-electron chi connectivity index (χ4n) is 3.77. The monoisotopic (exact) mass is 401 g/mol. The fraction of sp³-hybridized carbons (Fsp3) is 0.450. The number of anilines is 1. The first-order valence-corrected chi connectivity index (χ1v) is 9.53. The lowest BCUT2D eigenvalue weighted by Gasteiger charge is -2.19. The number of imide groups is 1. The number of carbonyl (C=O) groups excluding carboxylic acids is 5. The van der Waals surface area contributed by atoms with Crippen molar-refractivity contribution in [2.45, 2.75) is 38.7 Å². The van der Waals surface area contributed by atoms with Gasteiger partial charge in [0.15, 0.2) is 6.10 Å². The van der Waals surface area contributed by atoms with Crippen molar-refractivity contribution >= 4 is 35.3 Å². The van der Waals surface area contributed by atoms with Crippen molar-refractivity contribution in [3.8, 4) is 0 Å². The number of hydrogen-bond donors (Lipinski definition) is 2. The molecule has 3 rings (SSSR count).